The van der Waals surface area contributed by atoms with Crippen molar-refractivity contribution in [2.24, 2.45) is 0 Å². The van der Waals surface area contributed by atoms with Crippen LogP contribution in [0.15, 0.2) is 6.20 Å². The summed E-state index contributed by atoms with van der Waals surface area (Å²) in [5, 5.41) is 7.44. The van der Waals surface area contributed by atoms with Gasteiger partial charge in [0.1, 0.15) is 0 Å². The minimum Gasteiger partial charge on any atom is -0.345 e. The van der Waals surface area contributed by atoms with Crippen LogP contribution >= 0.6 is 0 Å². The predicted octanol–water partition coefficient (Wildman–Crippen LogP) is 0.916. The lowest BCUT2D eigenvalue weighted by molar-refractivity contribution is -0.141. The van der Waals surface area contributed by atoms with E-state index in [2.05, 4.69) is 22.3 Å². The highest BCUT2D eigenvalue weighted by molar-refractivity contribution is 5.73. The molecule has 1 rings (SSSR count). The van der Waals surface area contributed by atoms with E-state index in [4.69, 9.17) is 0 Å². The molecule has 16 heavy (non-hydrogen) atoms. The quantitative estimate of drug-likeness (QED) is 0.706. The van der Waals surface area contributed by atoms with E-state index in [0.717, 1.165) is 6.20 Å². The molecule has 0 aliphatic heterocycles. The van der Waals surface area contributed by atoms with Gasteiger partial charge in [0.25, 0.3) is 0 Å². The molecule has 0 spiro atoms. The number of amides is 1. The van der Waals surface area contributed by atoms with Crippen molar-refractivity contribution in [2.45, 2.75) is 13.1 Å². The van der Waals surface area contributed by atoms with E-state index in [0.29, 0.717) is 0 Å². The van der Waals surface area contributed by atoms with Gasteiger partial charge in [-0.2, -0.15) is 18.3 Å². The molecule has 86 valence electrons. The number of alkyl halides is 3. The number of rotatable bonds is 1. The van der Waals surface area contributed by atoms with Gasteiger partial charge in [-0.05, 0) is 0 Å². The minimum absolute atomic E-state index is 0.00217. The average molecular weight is 231 g/mol. The monoisotopic (exact) mass is 231 g/mol. The molecule has 0 fully saturated rings. The Balaban J connectivity index is 2.74. The molecule has 2 N–H and O–H groups in total. The average Bonchev–Trinajstić information content (AvgIpc) is 2.59. The first-order valence-electron chi connectivity index (χ1n) is 4.25. The largest absolute Gasteiger partial charge is 0.434 e. The number of halogens is 3. The zero-order chi connectivity index (χ0) is 12.2. The van der Waals surface area contributed by atoms with Crippen molar-refractivity contribution in [3.8, 4) is 11.8 Å². The van der Waals surface area contributed by atoms with E-state index < -0.39 is 11.9 Å². The predicted molar refractivity (Wildman–Crippen MR) is 49.2 cm³/mol. The van der Waals surface area contributed by atoms with Crippen LogP contribution in [0.3, 0.4) is 0 Å². The molecular formula is C9H8F3N3O. The molecule has 0 unspecified atom stereocenters. The molecular weight excluding hydrogens is 223 g/mol. The summed E-state index contributed by atoms with van der Waals surface area (Å²) in [6.07, 6.45) is -3.52. The van der Waals surface area contributed by atoms with Gasteiger partial charge in [0.2, 0.25) is 5.91 Å². The number of carbonyl (C=O) groups is 1. The first-order valence-corrected chi connectivity index (χ1v) is 4.25. The van der Waals surface area contributed by atoms with Crippen LogP contribution in [0.4, 0.5) is 13.2 Å². The third kappa shape index (κ3) is 3.31. The van der Waals surface area contributed by atoms with Gasteiger partial charge in [0.05, 0.1) is 18.3 Å². The van der Waals surface area contributed by atoms with Gasteiger partial charge >= 0.3 is 6.18 Å². The Morgan fingerprint density at radius 1 is 1.62 bits per heavy atom. The van der Waals surface area contributed by atoms with Gasteiger partial charge in [0.15, 0.2) is 5.69 Å². The fourth-order valence-corrected chi connectivity index (χ4v) is 0.905. The van der Waals surface area contributed by atoms with Crippen LogP contribution in [0.5, 0.6) is 0 Å². The molecule has 1 aromatic heterocycles. The van der Waals surface area contributed by atoms with Gasteiger partial charge in [0, 0.05) is 6.92 Å². The number of hydrogen-bond donors (Lipinski definition) is 2. The lowest BCUT2D eigenvalue weighted by Crippen LogP contribution is -2.19. The summed E-state index contributed by atoms with van der Waals surface area (Å²) < 4.78 is 36.9. The van der Waals surface area contributed by atoms with Crippen molar-refractivity contribution in [1.29, 1.82) is 0 Å². The van der Waals surface area contributed by atoms with Gasteiger partial charge < -0.3 is 5.32 Å². The SMILES string of the molecule is CC(=O)NCC#Cc1cn[nH]c1C(F)(F)F. The van der Waals surface area contributed by atoms with Crippen LogP contribution in [-0.4, -0.2) is 22.6 Å². The number of aromatic nitrogens is 2. The van der Waals surface area contributed by atoms with Crippen LogP contribution in [-0.2, 0) is 11.0 Å². The molecule has 0 radical (unpaired) electrons. The van der Waals surface area contributed by atoms with E-state index in [-0.39, 0.29) is 18.0 Å². The number of H-pyrrole nitrogens is 1. The number of nitrogens with zero attached hydrogens (tertiary/aromatic N) is 1. The van der Waals surface area contributed by atoms with Gasteiger partial charge in [-0.1, -0.05) is 11.8 Å². The lowest BCUT2D eigenvalue weighted by atomic mass is 10.2. The van der Waals surface area contributed by atoms with Gasteiger partial charge in [-0.15, -0.1) is 0 Å². The maximum absolute atomic E-state index is 12.3. The summed E-state index contributed by atoms with van der Waals surface area (Å²) in [6, 6.07) is 0. The van der Waals surface area contributed by atoms with Crippen molar-refractivity contribution < 1.29 is 18.0 Å². The summed E-state index contributed by atoms with van der Waals surface area (Å²) >= 11 is 0. The number of nitrogens with one attached hydrogen (secondary N) is 2. The highest BCUT2D eigenvalue weighted by Gasteiger charge is 2.35. The number of hydrogen-bond acceptors (Lipinski definition) is 2. The van der Waals surface area contributed by atoms with Crippen LogP contribution < -0.4 is 5.32 Å². The highest BCUT2D eigenvalue weighted by atomic mass is 19.4. The summed E-state index contributed by atoms with van der Waals surface area (Å²) in [5.41, 5.74) is -1.22. The Morgan fingerprint density at radius 3 is 2.88 bits per heavy atom. The standard InChI is InChI=1S/C9H8F3N3O/c1-6(16)13-4-2-3-7-5-14-15-8(7)9(10,11)12/h5H,4H2,1H3,(H,13,16)(H,14,15). The molecule has 1 heterocycles. The van der Waals surface area contributed by atoms with Gasteiger partial charge in [-0.25, -0.2) is 0 Å². The minimum atomic E-state index is -4.51. The third-order valence-electron chi connectivity index (χ3n) is 1.57. The fraction of sp³-hybridized carbons (Fsp3) is 0.333. The highest BCUT2D eigenvalue weighted by Crippen LogP contribution is 2.29. The molecule has 0 bridgehead atoms. The molecule has 4 nitrogen and oxygen atoms in total. The summed E-state index contributed by atoms with van der Waals surface area (Å²) in [4.78, 5) is 10.5. The zero-order valence-electron chi connectivity index (χ0n) is 8.27. The summed E-state index contributed by atoms with van der Waals surface area (Å²) in [6.45, 7) is 1.29. The van der Waals surface area contributed by atoms with Crippen molar-refractivity contribution in [1.82, 2.24) is 15.5 Å². The first-order chi connectivity index (χ1) is 7.41. The summed E-state index contributed by atoms with van der Waals surface area (Å²) in [7, 11) is 0. The van der Waals surface area contributed by atoms with E-state index in [1.54, 1.807) is 0 Å². The van der Waals surface area contributed by atoms with Crippen LogP contribution in [0.2, 0.25) is 0 Å². The molecule has 0 atom stereocenters. The Hall–Kier alpha value is -1.97. The van der Waals surface area contributed by atoms with Crippen LogP contribution in [0, 0.1) is 11.8 Å². The topological polar surface area (TPSA) is 57.8 Å². The van der Waals surface area contributed by atoms with Crippen molar-refractivity contribution in [3.63, 3.8) is 0 Å². The maximum atomic E-state index is 12.3. The van der Waals surface area contributed by atoms with E-state index >= 15 is 0 Å². The molecule has 1 amide bonds. The molecule has 0 aliphatic rings. The molecule has 0 saturated carbocycles. The normalized spacial score (nSPS) is 10.5. The van der Waals surface area contributed by atoms with E-state index in [1.807, 2.05) is 5.10 Å². The third-order valence-corrected chi connectivity index (χ3v) is 1.57. The van der Waals surface area contributed by atoms with Crippen molar-refractivity contribution in [2.75, 3.05) is 6.54 Å². The molecule has 0 aliphatic carbocycles. The first kappa shape index (κ1) is 12.1. The Morgan fingerprint density at radius 2 is 2.31 bits per heavy atom. The Kier molecular flexibility index (Phi) is 3.55. The van der Waals surface area contributed by atoms with Crippen LogP contribution in [0.1, 0.15) is 18.2 Å². The second-order valence-corrected chi connectivity index (χ2v) is 2.87. The van der Waals surface area contributed by atoms with Crippen LogP contribution in [0.25, 0.3) is 0 Å². The number of carbonyl (C=O) groups excluding carboxylic acids is 1. The maximum Gasteiger partial charge on any atom is 0.434 e. The van der Waals surface area contributed by atoms with E-state index in [9.17, 15) is 18.0 Å². The second kappa shape index (κ2) is 4.70. The molecule has 1 aromatic rings. The number of aromatic amines is 1. The molecule has 0 saturated heterocycles. The molecule has 0 aromatic carbocycles. The Bertz CT molecular complexity index is 439. The Labute approximate surface area is 89.2 Å². The molecule has 7 heteroatoms. The zero-order valence-corrected chi connectivity index (χ0v) is 8.27. The smallest absolute Gasteiger partial charge is 0.345 e. The summed E-state index contributed by atoms with van der Waals surface area (Å²) in [5.74, 6) is 4.37. The second-order valence-electron chi connectivity index (χ2n) is 2.87. The van der Waals surface area contributed by atoms with E-state index in [1.165, 1.54) is 6.92 Å². The van der Waals surface area contributed by atoms with Crippen molar-refractivity contribution in [3.05, 3.63) is 17.5 Å². The van der Waals surface area contributed by atoms with Gasteiger partial charge in [-0.3, -0.25) is 9.89 Å². The fourth-order valence-electron chi connectivity index (χ4n) is 0.905. The lowest BCUT2D eigenvalue weighted by Gasteiger charge is -2.02. The van der Waals surface area contributed by atoms with Crippen molar-refractivity contribution >= 4 is 5.91 Å².